The van der Waals surface area contributed by atoms with Gasteiger partial charge in [-0.15, -0.1) is 11.6 Å². The van der Waals surface area contributed by atoms with E-state index in [2.05, 4.69) is 10.2 Å². The second kappa shape index (κ2) is 6.46. The first kappa shape index (κ1) is 14.4. The van der Waals surface area contributed by atoms with Gasteiger partial charge in [0, 0.05) is 18.8 Å². The van der Waals surface area contributed by atoms with Crippen LogP contribution in [0.1, 0.15) is 6.92 Å². The van der Waals surface area contributed by atoms with Gasteiger partial charge in [-0.3, -0.25) is 4.79 Å². The van der Waals surface area contributed by atoms with Crippen LogP contribution in [0.4, 0.5) is 11.4 Å². The average Bonchev–Trinajstić information content (AvgIpc) is 2.42. The Balaban J connectivity index is 2.16. The van der Waals surface area contributed by atoms with Gasteiger partial charge < -0.3 is 15.0 Å². The number of morpholine rings is 1. The molecule has 4 nitrogen and oxygen atoms in total. The van der Waals surface area contributed by atoms with Crippen LogP contribution >= 0.6 is 23.2 Å². The van der Waals surface area contributed by atoms with Crippen molar-refractivity contribution in [1.82, 2.24) is 0 Å². The van der Waals surface area contributed by atoms with Gasteiger partial charge in [-0.25, -0.2) is 0 Å². The fraction of sp³-hybridized carbons (Fsp3) is 0.462. The van der Waals surface area contributed by atoms with E-state index in [1.165, 1.54) is 0 Å². The van der Waals surface area contributed by atoms with Gasteiger partial charge in [0.15, 0.2) is 0 Å². The molecule has 104 valence electrons. The molecule has 0 bridgehead atoms. The number of ether oxygens (including phenoxy) is 1. The van der Waals surface area contributed by atoms with Crippen molar-refractivity contribution in [2.75, 3.05) is 36.5 Å². The molecule has 1 aromatic carbocycles. The molecular weight excluding hydrogens is 287 g/mol. The number of amides is 1. The molecule has 0 radical (unpaired) electrons. The molecule has 0 aliphatic carbocycles. The number of hydrogen-bond donors (Lipinski definition) is 1. The predicted octanol–water partition coefficient (Wildman–Crippen LogP) is 2.74. The van der Waals surface area contributed by atoms with Gasteiger partial charge in [-0.2, -0.15) is 0 Å². The highest BCUT2D eigenvalue weighted by molar-refractivity contribution is 6.35. The van der Waals surface area contributed by atoms with Crippen molar-refractivity contribution in [1.29, 1.82) is 0 Å². The normalized spacial score (nSPS) is 17.1. The number of nitrogens with one attached hydrogen (secondary N) is 1. The lowest BCUT2D eigenvalue weighted by atomic mass is 10.2. The number of anilines is 2. The summed E-state index contributed by atoms with van der Waals surface area (Å²) in [7, 11) is 0. The van der Waals surface area contributed by atoms with Gasteiger partial charge in [0.1, 0.15) is 5.38 Å². The Morgan fingerprint density at radius 2 is 2.11 bits per heavy atom. The molecule has 1 aromatic rings. The van der Waals surface area contributed by atoms with Gasteiger partial charge in [-0.1, -0.05) is 11.6 Å². The van der Waals surface area contributed by atoms with Crippen molar-refractivity contribution in [3.63, 3.8) is 0 Å². The molecule has 0 unspecified atom stereocenters. The molecule has 1 saturated heterocycles. The standard InChI is InChI=1S/C13H16Cl2N2O2/c1-9(14)13(18)16-12-8-10(2-3-11(12)15)17-4-6-19-7-5-17/h2-3,8-9H,4-7H2,1H3,(H,16,18)/t9-/m0/s1. The summed E-state index contributed by atoms with van der Waals surface area (Å²) in [4.78, 5) is 13.8. The molecule has 19 heavy (non-hydrogen) atoms. The Morgan fingerprint density at radius 3 is 2.74 bits per heavy atom. The van der Waals surface area contributed by atoms with Crippen LogP contribution < -0.4 is 10.2 Å². The minimum absolute atomic E-state index is 0.261. The van der Waals surface area contributed by atoms with Crippen molar-refractivity contribution in [3.05, 3.63) is 23.2 Å². The van der Waals surface area contributed by atoms with Gasteiger partial charge in [0.2, 0.25) is 5.91 Å². The summed E-state index contributed by atoms with van der Waals surface area (Å²) in [5.41, 5.74) is 1.60. The lowest BCUT2D eigenvalue weighted by Crippen LogP contribution is -2.36. The molecule has 0 spiro atoms. The van der Waals surface area contributed by atoms with E-state index in [-0.39, 0.29) is 5.91 Å². The lowest BCUT2D eigenvalue weighted by Gasteiger charge is -2.29. The first-order valence-corrected chi connectivity index (χ1v) is 6.96. The SMILES string of the molecule is C[C@H](Cl)C(=O)Nc1cc(N2CCOCC2)ccc1Cl. The van der Waals surface area contributed by atoms with E-state index in [1.807, 2.05) is 12.1 Å². The highest BCUT2D eigenvalue weighted by Gasteiger charge is 2.15. The highest BCUT2D eigenvalue weighted by atomic mass is 35.5. The lowest BCUT2D eigenvalue weighted by molar-refractivity contribution is -0.115. The molecule has 1 N–H and O–H groups in total. The third-order valence-electron chi connectivity index (χ3n) is 2.95. The number of carbonyl (C=O) groups excluding carboxylic acids is 1. The van der Waals surface area contributed by atoms with Crippen LogP contribution in [-0.2, 0) is 9.53 Å². The quantitative estimate of drug-likeness (QED) is 0.873. The fourth-order valence-electron chi connectivity index (χ4n) is 1.86. The van der Waals surface area contributed by atoms with Crippen molar-refractivity contribution < 1.29 is 9.53 Å². The van der Waals surface area contributed by atoms with E-state index in [4.69, 9.17) is 27.9 Å². The van der Waals surface area contributed by atoms with Crippen molar-refractivity contribution in [2.24, 2.45) is 0 Å². The third kappa shape index (κ3) is 3.75. The van der Waals surface area contributed by atoms with Crippen molar-refractivity contribution >= 4 is 40.5 Å². The summed E-state index contributed by atoms with van der Waals surface area (Å²) in [6, 6.07) is 5.58. The summed E-state index contributed by atoms with van der Waals surface area (Å²) < 4.78 is 5.32. The summed E-state index contributed by atoms with van der Waals surface area (Å²) >= 11 is 11.8. The van der Waals surface area contributed by atoms with Crippen LogP contribution in [0, 0.1) is 0 Å². The highest BCUT2D eigenvalue weighted by Crippen LogP contribution is 2.28. The summed E-state index contributed by atoms with van der Waals surface area (Å²) in [6.45, 7) is 4.71. The van der Waals surface area contributed by atoms with Gasteiger partial charge in [0.05, 0.1) is 23.9 Å². The van der Waals surface area contributed by atoms with E-state index >= 15 is 0 Å². The molecule has 0 aromatic heterocycles. The van der Waals surface area contributed by atoms with E-state index in [0.29, 0.717) is 23.9 Å². The van der Waals surface area contributed by atoms with Crippen LogP contribution in [0.3, 0.4) is 0 Å². The van der Waals surface area contributed by atoms with E-state index in [1.54, 1.807) is 13.0 Å². The predicted molar refractivity (Wildman–Crippen MR) is 78.4 cm³/mol. The van der Waals surface area contributed by atoms with Gasteiger partial charge >= 0.3 is 0 Å². The number of alkyl halides is 1. The Hall–Kier alpha value is -0.970. The molecule has 1 fully saturated rings. The first-order chi connectivity index (χ1) is 9.08. The molecule has 1 atom stereocenters. The molecule has 0 saturated carbocycles. The van der Waals surface area contributed by atoms with E-state index in [0.717, 1.165) is 18.8 Å². The van der Waals surface area contributed by atoms with E-state index in [9.17, 15) is 4.79 Å². The number of halogens is 2. The smallest absolute Gasteiger partial charge is 0.242 e. The number of rotatable bonds is 3. The minimum atomic E-state index is -0.594. The fourth-order valence-corrected chi connectivity index (χ4v) is 2.08. The van der Waals surface area contributed by atoms with Crippen LogP contribution in [-0.4, -0.2) is 37.6 Å². The molecule has 1 amide bonds. The molecule has 1 aliphatic rings. The van der Waals surface area contributed by atoms with Crippen molar-refractivity contribution in [3.8, 4) is 0 Å². The molecule has 2 rings (SSSR count). The summed E-state index contributed by atoms with van der Waals surface area (Å²) in [5.74, 6) is -0.261. The Labute approximate surface area is 122 Å². The number of nitrogens with zero attached hydrogens (tertiary/aromatic N) is 1. The van der Waals surface area contributed by atoms with Crippen LogP contribution in [0.2, 0.25) is 5.02 Å². The maximum atomic E-state index is 11.6. The second-order valence-electron chi connectivity index (χ2n) is 4.37. The van der Waals surface area contributed by atoms with Crippen LogP contribution in [0.5, 0.6) is 0 Å². The second-order valence-corrected chi connectivity index (χ2v) is 5.43. The molecule has 1 heterocycles. The third-order valence-corrected chi connectivity index (χ3v) is 3.47. The number of hydrogen-bond acceptors (Lipinski definition) is 3. The zero-order valence-corrected chi connectivity index (χ0v) is 12.2. The first-order valence-electron chi connectivity index (χ1n) is 6.15. The largest absolute Gasteiger partial charge is 0.378 e. The number of carbonyl (C=O) groups is 1. The maximum Gasteiger partial charge on any atom is 0.242 e. The van der Waals surface area contributed by atoms with Crippen LogP contribution in [0.25, 0.3) is 0 Å². The van der Waals surface area contributed by atoms with Crippen LogP contribution in [0.15, 0.2) is 18.2 Å². The number of benzene rings is 1. The molecular formula is C13H16Cl2N2O2. The van der Waals surface area contributed by atoms with Crippen molar-refractivity contribution in [2.45, 2.75) is 12.3 Å². The van der Waals surface area contributed by atoms with E-state index < -0.39 is 5.38 Å². The summed E-state index contributed by atoms with van der Waals surface area (Å²) in [5, 5.41) is 2.64. The zero-order chi connectivity index (χ0) is 13.8. The Kier molecular flexibility index (Phi) is 4.91. The monoisotopic (exact) mass is 302 g/mol. The molecule has 6 heteroatoms. The Bertz CT molecular complexity index is 460. The Morgan fingerprint density at radius 1 is 1.42 bits per heavy atom. The van der Waals surface area contributed by atoms with Gasteiger partial charge in [0.25, 0.3) is 0 Å². The average molecular weight is 303 g/mol. The molecule has 1 aliphatic heterocycles. The summed E-state index contributed by atoms with van der Waals surface area (Å²) in [6.07, 6.45) is 0. The van der Waals surface area contributed by atoms with Gasteiger partial charge in [-0.05, 0) is 25.1 Å². The minimum Gasteiger partial charge on any atom is -0.378 e. The maximum absolute atomic E-state index is 11.6. The zero-order valence-electron chi connectivity index (χ0n) is 10.7. The topological polar surface area (TPSA) is 41.6 Å².